The molecular weight excluding hydrogens is 162 g/mol. The van der Waals surface area contributed by atoms with Crippen molar-refractivity contribution < 1.29 is 0 Å². The first-order valence-electron chi connectivity index (χ1n) is 3.06. The summed E-state index contributed by atoms with van der Waals surface area (Å²) in [5, 5.41) is 4.35. The minimum absolute atomic E-state index is 0.350. The summed E-state index contributed by atoms with van der Waals surface area (Å²) in [6.07, 6.45) is 0. The smallest absolute Gasteiger partial charge is 0.210 e. The summed E-state index contributed by atoms with van der Waals surface area (Å²) in [7, 11) is 0. The van der Waals surface area contributed by atoms with E-state index in [-0.39, 0.29) is 0 Å². The van der Waals surface area contributed by atoms with Gasteiger partial charge < -0.3 is 0 Å². The molecule has 1 aromatic heterocycles. The second-order valence-corrected chi connectivity index (χ2v) is 2.45. The molecule has 6 heteroatoms. The molecule has 11 heavy (non-hydrogen) atoms. The van der Waals surface area contributed by atoms with E-state index in [1.807, 2.05) is 6.92 Å². The van der Waals surface area contributed by atoms with Gasteiger partial charge in [0.05, 0.1) is 0 Å². The number of aromatic nitrogens is 3. The number of hydrogen-bond donors (Lipinski definition) is 2. The molecule has 3 N–H and O–H groups in total. The van der Waals surface area contributed by atoms with Crippen LogP contribution in [0.5, 0.6) is 0 Å². The van der Waals surface area contributed by atoms with Crippen LogP contribution in [0.15, 0.2) is 0 Å². The van der Waals surface area contributed by atoms with E-state index in [4.69, 9.17) is 18.1 Å². The number of nitrogens with one attached hydrogen (secondary N) is 1. The highest BCUT2D eigenvalue weighted by atomic mass is 32.1. The van der Waals surface area contributed by atoms with E-state index < -0.39 is 0 Å². The van der Waals surface area contributed by atoms with Crippen molar-refractivity contribution in [3.05, 3.63) is 11.6 Å². The molecule has 0 saturated heterocycles. The van der Waals surface area contributed by atoms with Crippen LogP contribution in [0, 0.1) is 13.8 Å². The van der Waals surface area contributed by atoms with Crippen LogP contribution in [-0.2, 0) is 0 Å². The number of rotatable bonds is 0. The maximum atomic E-state index is 5.10. The average Bonchev–Trinajstić information content (AvgIpc) is 2.28. The van der Waals surface area contributed by atoms with E-state index in [0.29, 0.717) is 10.9 Å². The lowest BCUT2D eigenvalue weighted by Gasteiger charge is -2.01. The molecule has 0 saturated carbocycles. The molecule has 0 spiro atoms. The lowest BCUT2D eigenvalue weighted by Crippen LogP contribution is -2.35. The number of thiocarbonyl (C=S) groups is 1. The van der Waals surface area contributed by atoms with Crippen LogP contribution in [-0.4, -0.2) is 19.9 Å². The van der Waals surface area contributed by atoms with Crippen LogP contribution in [0.3, 0.4) is 0 Å². The molecule has 0 aliphatic heterocycles. The fourth-order valence-electron chi connectivity index (χ4n) is 0.774. The van der Waals surface area contributed by atoms with E-state index in [9.17, 15) is 0 Å². The van der Waals surface area contributed by atoms with Crippen LogP contribution >= 0.6 is 12.2 Å². The van der Waals surface area contributed by atoms with Gasteiger partial charge in [-0.2, -0.15) is 4.68 Å². The summed E-state index contributed by atoms with van der Waals surface area (Å²) < 4.78 is 1.48. The van der Waals surface area contributed by atoms with Crippen LogP contribution in [0.2, 0.25) is 0 Å². The van der Waals surface area contributed by atoms with Crippen LogP contribution in [0.25, 0.3) is 0 Å². The fourth-order valence-corrected chi connectivity index (χ4v) is 0.947. The van der Waals surface area contributed by atoms with Gasteiger partial charge in [0.1, 0.15) is 11.6 Å². The molecule has 0 aliphatic carbocycles. The summed E-state index contributed by atoms with van der Waals surface area (Å²) in [6.45, 7) is 3.60. The van der Waals surface area contributed by atoms with Crippen molar-refractivity contribution in [2.24, 2.45) is 5.84 Å². The van der Waals surface area contributed by atoms with Crippen molar-refractivity contribution in [2.75, 3.05) is 0 Å². The quantitative estimate of drug-likeness (QED) is 0.312. The summed E-state index contributed by atoms with van der Waals surface area (Å²) in [4.78, 5) is 4.05. The molecule has 0 fully saturated rings. The summed E-state index contributed by atoms with van der Waals surface area (Å²) in [5.41, 5.74) is 2.33. The van der Waals surface area contributed by atoms with Crippen LogP contribution in [0.4, 0.5) is 0 Å². The Bertz CT molecular complexity index is 278. The molecule has 1 aromatic rings. The molecule has 0 amide bonds. The average molecular weight is 171 g/mol. The summed E-state index contributed by atoms with van der Waals surface area (Å²) >= 11 is 4.85. The van der Waals surface area contributed by atoms with Crippen molar-refractivity contribution in [1.29, 1.82) is 0 Å². The van der Waals surface area contributed by atoms with E-state index in [1.54, 1.807) is 6.92 Å². The van der Waals surface area contributed by atoms with E-state index in [2.05, 4.69) is 15.5 Å². The SMILES string of the molecule is Cc1nc(C)n(C(=S)NN)n1. The van der Waals surface area contributed by atoms with Crippen molar-refractivity contribution >= 4 is 17.3 Å². The standard InChI is InChI=1S/C5H9N5S/c1-3-7-4(2)10(9-3)5(11)8-6/h6H2,1-2H3,(H,8,11). The van der Waals surface area contributed by atoms with Gasteiger partial charge in [0, 0.05) is 0 Å². The molecule has 0 radical (unpaired) electrons. The van der Waals surface area contributed by atoms with Gasteiger partial charge in [-0.15, -0.1) is 5.10 Å². The van der Waals surface area contributed by atoms with E-state index in [0.717, 1.165) is 5.82 Å². The molecule has 1 heterocycles. The Balaban J connectivity index is 3.03. The first kappa shape index (κ1) is 8.09. The lowest BCUT2D eigenvalue weighted by molar-refractivity contribution is 0.836. The minimum Gasteiger partial charge on any atom is -0.299 e. The van der Waals surface area contributed by atoms with Crippen molar-refractivity contribution in [2.45, 2.75) is 13.8 Å². The van der Waals surface area contributed by atoms with Crippen LogP contribution < -0.4 is 11.3 Å². The zero-order valence-corrected chi connectivity index (χ0v) is 7.14. The minimum atomic E-state index is 0.350. The lowest BCUT2D eigenvalue weighted by atomic mass is 10.7. The van der Waals surface area contributed by atoms with Gasteiger partial charge in [-0.25, -0.2) is 10.8 Å². The second kappa shape index (κ2) is 2.93. The second-order valence-electron chi connectivity index (χ2n) is 2.07. The third-order valence-electron chi connectivity index (χ3n) is 1.19. The topological polar surface area (TPSA) is 68.8 Å². The molecule has 60 valence electrons. The molecule has 5 nitrogen and oxygen atoms in total. The maximum Gasteiger partial charge on any atom is 0.210 e. The van der Waals surface area contributed by atoms with Crippen molar-refractivity contribution in [3.8, 4) is 0 Å². The van der Waals surface area contributed by atoms with Gasteiger partial charge in [0.15, 0.2) is 0 Å². The molecule has 0 atom stereocenters. The first-order valence-corrected chi connectivity index (χ1v) is 3.47. The third-order valence-corrected chi connectivity index (χ3v) is 1.48. The number of aryl methyl sites for hydroxylation is 2. The fraction of sp³-hybridized carbons (Fsp3) is 0.400. The predicted molar refractivity (Wildman–Crippen MR) is 44.8 cm³/mol. The van der Waals surface area contributed by atoms with Crippen molar-refractivity contribution in [1.82, 2.24) is 20.2 Å². The van der Waals surface area contributed by atoms with E-state index in [1.165, 1.54) is 4.68 Å². The number of hydrogen-bond acceptors (Lipinski definition) is 4. The monoisotopic (exact) mass is 171 g/mol. The zero-order valence-electron chi connectivity index (χ0n) is 6.33. The highest BCUT2D eigenvalue weighted by Gasteiger charge is 2.04. The molecular formula is C5H9N5S. The van der Waals surface area contributed by atoms with Crippen LogP contribution in [0.1, 0.15) is 11.6 Å². The van der Waals surface area contributed by atoms with Gasteiger partial charge in [-0.1, -0.05) is 0 Å². The normalized spacial score (nSPS) is 9.73. The molecule has 0 unspecified atom stereocenters. The summed E-state index contributed by atoms with van der Waals surface area (Å²) in [5.74, 6) is 6.51. The Labute approximate surface area is 69.6 Å². The van der Waals surface area contributed by atoms with Gasteiger partial charge >= 0.3 is 0 Å². The Morgan fingerprint density at radius 1 is 1.64 bits per heavy atom. The highest BCUT2D eigenvalue weighted by Crippen LogP contribution is 1.93. The first-order chi connectivity index (χ1) is 5.15. The van der Waals surface area contributed by atoms with Crippen molar-refractivity contribution in [3.63, 3.8) is 0 Å². The molecule has 0 aliphatic rings. The largest absolute Gasteiger partial charge is 0.299 e. The third kappa shape index (κ3) is 1.52. The maximum absolute atomic E-state index is 5.10. The van der Waals surface area contributed by atoms with Gasteiger partial charge in [0.25, 0.3) is 0 Å². The number of nitrogens with zero attached hydrogens (tertiary/aromatic N) is 3. The molecule has 0 bridgehead atoms. The van der Waals surface area contributed by atoms with Gasteiger partial charge in [-0.3, -0.25) is 5.43 Å². The number of hydrazine groups is 1. The Morgan fingerprint density at radius 3 is 2.64 bits per heavy atom. The zero-order chi connectivity index (χ0) is 8.43. The predicted octanol–water partition coefficient (Wildman–Crippen LogP) is -0.509. The Morgan fingerprint density at radius 2 is 2.27 bits per heavy atom. The summed E-state index contributed by atoms with van der Waals surface area (Å²) in [6, 6.07) is 0. The van der Waals surface area contributed by atoms with Gasteiger partial charge in [-0.05, 0) is 26.1 Å². The highest BCUT2D eigenvalue weighted by molar-refractivity contribution is 7.80. The molecule has 0 aromatic carbocycles. The Kier molecular flexibility index (Phi) is 2.16. The number of nitrogens with two attached hydrogens (primary N) is 1. The Hall–Kier alpha value is -1.01. The molecule has 1 rings (SSSR count). The van der Waals surface area contributed by atoms with E-state index >= 15 is 0 Å². The van der Waals surface area contributed by atoms with Gasteiger partial charge in [0.2, 0.25) is 5.11 Å².